The molecule has 2 aliphatic carbocycles. The lowest BCUT2D eigenvalue weighted by atomic mass is 9.78. The number of Topliss-reactive ketones (excluding diaryl/α,β-unsaturated/α-hetero) is 1. The molecule has 0 amide bonds. The molecule has 30 heavy (non-hydrogen) atoms. The topological polar surface area (TPSA) is 40.5 Å². The number of nitrogens with zero attached hydrogens (tertiary/aromatic N) is 1. The van der Waals surface area contributed by atoms with E-state index in [1.807, 2.05) is 4.90 Å². The average molecular weight is 413 g/mol. The van der Waals surface area contributed by atoms with Crippen LogP contribution < -0.4 is 4.90 Å². The Kier molecular flexibility index (Phi) is 4.51. The summed E-state index contributed by atoms with van der Waals surface area (Å²) in [5.74, 6) is -0.519. The fourth-order valence-electron chi connectivity index (χ4n) is 5.26. The van der Waals surface area contributed by atoms with Crippen LogP contribution in [-0.4, -0.2) is 24.0 Å². The van der Waals surface area contributed by atoms with E-state index in [4.69, 9.17) is 0 Å². The van der Waals surface area contributed by atoms with E-state index in [1.165, 1.54) is 23.3 Å². The second kappa shape index (κ2) is 6.98. The standard InChI is InChI=1S/C24H22F3NO2/c25-24(26,27)17-6-2-5-16(11-17)22-18-12-14-3-1-4-15(14)13-20(18)28(9-10-29)19-7-8-21(30)23(19)22/h2,5-6,11-13,22,29H,1,3-4,7-10H2. The van der Waals surface area contributed by atoms with Crippen LogP contribution in [0.15, 0.2) is 47.7 Å². The van der Waals surface area contributed by atoms with Crippen molar-refractivity contribution in [1.29, 1.82) is 0 Å². The van der Waals surface area contributed by atoms with E-state index in [9.17, 15) is 23.1 Å². The van der Waals surface area contributed by atoms with Gasteiger partial charge in [0.05, 0.1) is 12.2 Å². The third kappa shape index (κ3) is 2.97. The van der Waals surface area contributed by atoms with Gasteiger partial charge in [0.1, 0.15) is 0 Å². The zero-order chi connectivity index (χ0) is 21.0. The first-order chi connectivity index (χ1) is 14.4. The largest absolute Gasteiger partial charge is 0.416 e. The summed E-state index contributed by atoms with van der Waals surface area (Å²) >= 11 is 0. The number of halogens is 3. The number of anilines is 1. The molecule has 0 saturated heterocycles. The first-order valence-corrected chi connectivity index (χ1v) is 10.4. The summed E-state index contributed by atoms with van der Waals surface area (Å²) in [5.41, 5.74) is 5.49. The van der Waals surface area contributed by atoms with Crippen LogP contribution in [-0.2, 0) is 23.8 Å². The summed E-state index contributed by atoms with van der Waals surface area (Å²) in [6.45, 7) is 0.308. The zero-order valence-electron chi connectivity index (χ0n) is 16.4. The molecule has 0 spiro atoms. The van der Waals surface area contributed by atoms with Crippen LogP contribution in [0.3, 0.4) is 0 Å². The van der Waals surface area contributed by atoms with Gasteiger partial charge in [0, 0.05) is 35.8 Å². The highest BCUT2D eigenvalue weighted by molar-refractivity contribution is 6.03. The normalized spacial score (nSPS) is 20.5. The summed E-state index contributed by atoms with van der Waals surface area (Å²) < 4.78 is 40.2. The molecule has 1 heterocycles. The van der Waals surface area contributed by atoms with E-state index in [1.54, 1.807) is 6.07 Å². The molecule has 5 rings (SSSR count). The van der Waals surface area contributed by atoms with Crippen molar-refractivity contribution in [2.24, 2.45) is 0 Å². The van der Waals surface area contributed by atoms with Gasteiger partial charge in [-0.3, -0.25) is 4.79 Å². The minimum atomic E-state index is -4.44. The minimum absolute atomic E-state index is 0.0125. The highest BCUT2D eigenvalue weighted by Crippen LogP contribution is 2.50. The van der Waals surface area contributed by atoms with E-state index < -0.39 is 17.7 Å². The maximum absolute atomic E-state index is 13.4. The van der Waals surface area contributed by atoms with Gasteiger partial charge in [-0.2, -0.15) is 13.2 Å². The number of allylic oxidation sites excluding steroid dienone is 2. The number of carbonyl (C=O) groups excluding carboxylic acids is 1. The van der Waals surface area contributed by atoms with Crippen molar-refractivity contribution < 1.29 is 23.1 Å². The van der Waals surface area contributed by atoms with Gasteiger partial charge in [-0.25, -0.2) is 0 Å². The van der Waals surface area contributed by atoms with Crippen molar-refractivity contribution >= 4 is 11.5 Å². The summed E-state index contributed by atoms with van der Waals surface area (Å²) in [4.78, 5) is 14.9. The van der Waals surface area contributed by atoms with Crippen molar-refractivity contribution in [3.63, 3.8) is 0 Å². The number of aliphatic hydroxyl groups is 1. The molecule has 0 fully saturated rings. The SMILES string of the molecule is O=C1CCC2=C1C(c1cccc(C(F)(F)F)c1)c1cc3c(cc1N2CCO)CCC3. The molecule has 2 aromatic rings. The lowest BCUT2D eigenvalue weighted by molar-refractivity contribution is -0.137. The molecule has 0 aromatic heterocycles. The molecule has 1 unspecified atom stereocenters. The Morgan fingerprint density at radius 2 is 1.80 bits per heavy atom. The van der Waals surface area contributed by atoms with E-state index in [2.05, 4.69) is 12.1 Å². The fourth-order valence-corrected chi connectivity index (χ4v) is 5.26. The first kappa shape index (κ1) is 19.4. The van der Waals surface area contributed by atoms with Gasteiger partial charge >= 0.3 is 6.18 Å². The number of ketones is 1. The molecule has 3 nitrogen and oxygen atoms in total. The van der Waals surface area contributed by atoms with Crippen molar-refractivity contribution in [3.05, 3.63) is 75.5 Å². The van der Waals surface area contributed by atoms with Crippen LogP contribution in [0.4, 0.5) is 18.9 Å². The van der Waals surface area contributed by atoms with Gasteiger partial charge in [-0.15, -0.1) is 0 Å². The molecule has 156 valence electrons. The molecule has 0 radical (unpaired) electrons. The summed E-state index contributed by atoms with van der Waals surface area (Å²) in [5, 5.41) is 9.66. The molecule has 0 bridgehead atoms. The summed E-state index contributed by atoms with van der Waals surface area (Å²) in [6, 6.07) is 9.57. The summed E-state index contributed by atoms with van der Waals surface area (Å²) in [6.07, 6.45) is -0.549. The number of benzene rings is 2. The van der Waals surface area contributed by atoms with Crippen LogP contribution in [0.2, 0.25) is 0 Å². The van der Waals surface area contributed by atoms with Gasteiger partial charge < -0.3 is 10.0 Å². The second-order valence-corrected chi connectivity index (χ2v) is 8.25. The zero-order valence-corrected chi connectivity index (χ0v) is 16.4. The highest BCUT2D eigenvalue weighted by atomic mass is 19.4. The van der Waals surface area contributed by atoms with E-state index >= 15 is 0 Å². The Morgan fingerprint density at radius 1 is 1.03 bits per heavy atom. The number of β-amino-alcohol motifs (C(OH)–C–C–N with tert-alkyl or cyclic N) is 1. The molecule has 1 aliphatic heterocycles. The van der Waals surface area contributed by atoms with E-state index in [0.717, 1.165) is 42.3 Å². The average Bonchev–Trinajstić information content (AvgIpc) is 3.33. The number of carbonyl (C=O) groups is 1. The van der Waals surface area contributed by atoms with Crippen molar-refractivity contribution in [3.8, 4) is 0 Å². The predicted octanol–water partition coefficient (Wildman–Crippen LogP) is 4.76. The molecule has 2 aromatic carbocycles. The molecular formula is C24H22F3NO2. The predicted molar refractivity (Wildman–Crippen MR) is 107 cm³/mol. The maximum Gasteiger partial charge on any atom is 0.416 e. The number of hydrogen-bond donors (Lipinski definition) is 1. The van der Waals surface area contributed by atoms with E-state index in [-0.39, 0.29) is 12.4 Å². The van der Waals surface area contributed by atoms with Crippen LogP contribution in [0, 0.1) is 0 Å². The number of alkyl halides is 3. The van der Waals surface area contributed by atoms with Crippen LogP contribution in [0.25, 0.3) is 0 Å². The quantitative estimate of drug-likeness (QED) is 0.789. The minimum Gasteiger partial charge on any atom is -0.395 e. The lowest BCUT2D eigenvalue weighted by Gasteiger charge is -2.37. The Bertz CT molecular complexity index is 1070. The Hall–Kier alpha value is -2.60. The van der Waals surface area contributed by atoms with Gasteiger partial charge in [-0.1, -0.05) is 24.3 Å². The lowest BCUT2D eigenvalue weighted by Crippen LogP contribution is -2.32. The molecule has 6 heteroatoms. The van der Waals surface area contributed by atoms with Crippen molar-refractivity contribution in [2.45, 2.75) is 44.2 Å². The van der Waals surface area contributed by atoms with Crippen molar-refractivity contribution in [2.75, 3.05) is 18.1 Å². The molecule has 3 aliphatic rings. The van der Waals surface area contributed by atoms with E-state index in [0.29, 0.717) is 30.5 Å². The van der Waals surface area contributed by atoms with Gasteiger partial charge in [0.2, 0.25) is 0 Å². The second-order valence-electron chi connectivity index (χ2n) is 8.25. The number of aliphatic hydroxyl groups excluding tert-OH is 1. The maximum atomic E-state index is 13.4. The molecular weight excluding hydrogens is 391 g/mol. The van der Waals surface area contributed by atoms with Crippen LogP contribution >= 0.6 is 0 Å². The van der Waals surface area contributed by atoms with Crippen LogP contribution in [0.1, 0.15) is 53.0 Å². The number of aryl methyl sites for hydroxylation is 2. The summed E-state index contributed by atoms with van der Waals surface area (Å²) in [7, 11) is 0. The van der Waals surface area contributed by atoms with Gasteiger partial charge in [0.15, 0.2) is 5.78 Å². The molecule has 1 N–H and O–H groups in total. The Morgan fingerprint density at radius 3 is 2.53 bits per heavy atom. The molecule has 1 atom stereocenters. The van der Waals surface area contributed by atoms with Crippen LogP contribution in [0.5, 0.6) is 0 Å². The fraction of sp³-hybridized carbons (Fsp3) is 0.375. The Labute approximate surface area is 172 Å². The number of hydrogen-bond acceptors (Lipinski definition) is 3. The first-order valence-electron chi connectivity index (χ1n) is 10.4. The number of fused-ring (bicyclic) bond motifs is 2. The van der Waals surface area contributed by atoms with Gasteiger partial charge in [-0.05, 0) is 60.1 Å². The third-order valence-electron chi connectivity index (χ3n) is 6.53. The third-order valence-corrected chi connectivity index (χ3v) is 6.53. The highest BCUT2D eigenvalue weighted by Gasteiger charge is 2.41. The van der Waals surface area contributed by atoms with Gasteiger partial charge in [0.25, 0.3) is 0 Å². The number of rotatable bonds is 3. The smallest absolute Gasteiger partial charge is 0.395 e. The van der Waals surface area contributed by atoms with Crippen molar-refractivity contribution in [1.82, 2.24) is 0 Å². The Balaban J connectivity index is 1.75. The monoisotopic (exact) mass is 413 g/mol. The molecule has 0 saturated carbocycles.